The highest BCUT2D eigenvalue weighted by Crippen LogP contribution is 2.48. The molecule has 1 amide bonds. The van der Waals surface area contributed by atoms with E-state index in [1.807, 2.05) is 0 Å². The number of aromatic nitrogens is 1. The van der Waals surface area contributed by atoms with Gasteiger partial charge in [0.1, 0.15) is 11.6 Å². The van der Waals surface area contributed by atoms with Crippen molar-refractivity contribution < 1.29 is 18.0 Å². The number of nitrogen functional groups attached to an aromatic ring is 1. The van der Waals surface area contributed by atoms with Crippen LogP contribution in [-0.2, 0) is 11.0 Å². The topological polar surface area (TPSA) is 86.2 Å². The molecule has 10 heteroatoms. The van der Waals surface area contributed by atoms with Crippen molar-refractivity contribution in [2.45, 2.75) is 31.0 Å². The molecule has 148 valence electrons. The molecular weight excluding hydrogens is 403 g/mol. The minimum Gasteiger partial charge on any atom is -0.399 e. The fraction of sp³-hybridized carbons (Fsp3) is 0.263. The van der Waals surface area contributed by atoms with Crippen molar-refractivity contribution in [1.29, 1.82) is 5.26 Å². The van der Waals surface area contributed by atoms with Crippen LogP contribution in [0, 0.1) is 11.3 Å². The number of anilines is 3. The number of carbonyl (C=O) groups is 1. The number of carbonyl (C=O) groups excluding carboxylic acids is 1. The third-order valence-corrected chi connectivity index (χ3v) is 5.65. The molecule has 2 N–H and O–H groups in total. The molecule has 2 aromatic rings. The Morgan fingerprint density at radius 3 is 2.38 bits per heavy atom. The van der Waals surface area contributed by atoms with Crippen LogP contribution in [0.25, 0.3) is 0 Å². The first kappa shape index (κ1) is 19.1. The van der Waals surface area contributed by atoms with Crippen LogP contribution in [-0.4, -0.2) is 21.5 Å². The maximum atomic E-state index is 13.4. The van der Waals surface area contributed by atoms with E-state index in [9.17, 15) is 18.0 Å². The molecular formula is C19H14F3N5OS. The van der Waals surface area contributed by atoms with Crippen LogP contribution in [0.5, 0.6) is 0 Å². The van der Waals surface area contributed by atoms with Gasteiger partial charge in [0, 0.05) is 11.4 Å². The smallest absolute Gasteiger partial charge is 0.399 e. The number of halogens is 3. The van der Waals surface area contributed by atoms with Gasteiger partial charge in [-0.3, -0.25) is 9.69 Å². The second kappa shape index (κ2) is 6.42. The standard InChI is InChI=1S/C19H14F3N5OS/c20-19(21,22)14-8-13(10-25-15(14)9-23)26-16(28)18(6-1-7-18)27(17(26)29)12-4-2-11(24)3-5-12/h2-5,8,10H,1,6-7,24H2. The number of pyridine rings is 1. The second-order valence-electron chi connectivity index (χ2n) is 6.93. The van der Waals surface area contributed by atoms with E-state index >= 15 is 0 Å². The number of nitriles is 1. The van der Waals surface area contributed by atoms with Crippen molar-refractivity contribution in [3.05, 3.63) is 47.8 Å². The Morgan fingerprint density at radius 1 is 1.21 bits per heavy atom. The fourth-order valence-corrected chi connectivity index (χ4v) is 4.18. The number of nitrogens with zero attached hydrogens (tertiary/aromatic N) is 4. The van der Waals surface area contributed by atoms with Crippen LogP contribution >= 0.6 is 12.2 Å². The Morgan fingerprint density at radius 2 is 1.86 bits per heavy atom. The largest absolute Gasteiger partial charge is 0.419 e. The third kappa shape index (κ3) is 2.81. The maximum absolute atomic E-state index is 13.4. The number of hydrogen-bond acceptors (Lipinski definition) is 5. The molecule has 1 saturated carbocycles. The molecule has 2 fully saturated rings. The Kier molecular flexibility index (Phi) is 4.24. The predicted molar refractivity (Wildman–Crippen MR) is 104 cm³/mol. The van der Waals surface area contributed by atoms with Gasteiger partial charge in [-0.05, 0) is 61.8 Å². The number of benzene rings is 1. The van der Waals surface area contributed by atoms with Gasteiger partial charge in [0.15, 0.2) is 10.8 Å². The number of amides is 1. The molecule has 1 aromatic heterocycles. The first-order valence-corrected chi connectivity index (χ1v) is 9.11. The van der Waals surface area contributed by atoms with Crippen LogP contribution in [0.3, 0.4) is 0 Å². The Hall–Kier alpha value is -3.19. The van der Waals surface area contributed by atoms with Gasteiger partial charge in [0.05, 0.1) is 17.4 Å². The van der Waals surface area contributed by atoms with Crippen molar-refractivity contribution >= 4 is 40.3 Å². The van der Waals surface area contributed by atoms with E-state index in [1.54, 1.807) is 29.2 Å². The zero-order valence-corrected chi connectivity index (χ0v) is 15.7. The van der Waals surface area contributed by atoms with Gasteiger partial charge in [-0.25, -0.2) is 4.98 Å². The van der Waals surface area contributed by atoms with Gasteiger partial charge in [0.25, 0.3) is 5.91 Å². The monoisotopic (exact) mass is 417 g/mol. The lowest BCUT2D eigenvalue weighted by atomic mass is 9.75. The first-order valence-electron chi connectivity index (χ1n) is 8.71. The molecule has 1 saturated heterocycles. The quantitative estimate of drug-likeness (QED) is 0.593. The number of hydrogen-bond donors (Lipinski definition) is 1. The van der Waals surface area contributed by atoms with E-state index < -0.39 is 28.9 Å². The van der Waals surface area contributed by atoms with Crippen LogP contribution < -0.4 is 15.5 Å². The molecule has 29 heavy (non-hydrogen) atoms. The number of rotatable bonds is 2. The van der Waals surface area contributed by atoms with E-state index in [4.69, 9.17) is 23.2 Å². The minimum absolute atomic E-state index is 0.0686. The summed E-state index contributed by atoms with van der Waals surface area (Å²) in [6.45, 7) is 0. The molecule has 1 aromatic carbocycles. The molecule has 0 radical (unpaired) electrons. The highest BCUT2D eigenvalue weighted by Gasteiger charge is 2.59. The van der Waals surface area contributed by atoms with Crippen molar-refractivity contribution in [1.82, 2.24) is 4.98 Å². The summed E-state index contributed by atoms with van der Waals surface area (Å²) in [5, 5.41) is 9.02. The zero-order valence-electron chi connectivity index (χ0n) is 14.9. The molecule has 2 aliphatic rings. The molecule has 1 aliphatic heterocycles. The Labute approximate surface area is 169 Å². The van der Waals surface area contributed by atoms with Crippen LogP contribution in [0.2, 0.25) is 0 Å². The average molecular weight is 417 g/mol. The van der Waals surface area contributed by atoms with E-state index in [1.165, 1.54) is 6.07 Å². The second-order valence-corrected chi connectivity index (χ2v) is 7.30. The summed E-state index contributed by atoms with van der Waals surface area (Å²) in [5.74, 6) is -0.398. The highest BCUT2D eigenvalue weighted by atomic mass is 32.1. The lowest BCUT2D eigenvalue weighted by Crippen LogP contribution is -2.55. The van der Waals surface area contributed by atoms with Gasteiger partial charge in [0.2, 0.25) is 0 Å². The third-order valence-electron chi connectivity index (χ3n) is 5.29. The summed E-state index contributed by atoms with van der Waals surface area (Å²) in [6, 6.07) is 8.95. The van der Waals surface area contributed by atoms with Gasteiger partial charge in [-0.2, -0.15) is 18.4 Å². The van der Waals surface area contributed by atoms with Gasteiger partial charge < -0.3 is 10.6 Å². The fourth-order valence-electron chi connectivity index (χ4n) is 3.71. The minimum atomic E-state index is -4.79. The lowest BCUT2D eigenvalue weighted by molar-refractivity contribution is -0.138. The summed E-state index contributed by atoms with van der Waals surface area (Å²) < 4.78 is 40.1. The zero-order chi connectivity index (χ0) is 21.0. The molecule has 1 aliphatic carbocycles. The lowest BCUT2D eigenvalue weighted by Gasteiger charge is -2.43. The van der Waals surface area contributed by atoms with E-state index in [0.29, 0.717) is 24.2 Å². The molecule has 6 nitrogen and oxygen atoms in total. The van der Waals surface area contributed by atoms with E-state index in [0.717, 1.165) is 23.6 Å². The number of nitrogens with two attached hydrogens (primary N) is 1. The normalized spacial score (nSPS) is 18.1. The van der Waals surface area contributed by atoms with Crippen LogP contribution in [0.4, 0.5) is 30.2 Å². The molecule has 1 spiro atoms. The summed E-state index contributed by atoms with van der Waals surface area (Å²) in [6.07, 6.45) is -1.86. The van der Waals surface area contributed by atoms with Gasteiger partial charge >= 0.3 is 6.18 Å². The maximum Gasteiger partial charge on any atom is 0.419 e. The summed E-state index contributed by atoms with van der Waals surface area (Å²) in [7, 11) is 0. The van der Waals surface area contributed by atoms with Crippen molar-refractivity contribution in [3.8, 4) is 6.07 Å². The predicted octanol–water partition coefficient (Wildman–Crippen LogP) is 3.62. The SMILES string of the molecule is N#Cc1ncc(N2C(=O)C3(CCC3)N(c3ccc(N)cc3)C2=S)cc1C(F)(F)F. The van der Waals surface area contributed by atoms with Crippen LogP contribution in [0.1, 0.15) is 30.5 Å². The van der Waals surface area contributed by atoms with Crippen molar-refractivity contribution in [2.75, 3.05) is 15.5 Å². The molecule has 2 heterocycles. The summed E-state index contributed by atoms with van der Waals surface area (Å²) >= 11 is 5.51. The average Bonchev–Trinajstić information content (AvgIpc) is 2.88. The molecule has 0 atom stereocenters. The van der Waals surface area contributed by atoms with E-state index in [-0.39, 0.29) is 10.8 Å². The molecule has 0 unspecified atom stereocenters. The van der Waals surface area contributed by atoms with Crippen LogP contribution in [0.15, 0.2) is 36.5 Å². The summed E-state index contributed by atoms with van der Waals surface area (Å²) in [5.41, 5.74) is 3.90. The summed E-state index contributed by atoms with van der Waals surface area (Å²) in [4.78, 5) is 19.7. The molecule has 4 rings (SSSR count). The van der Waals surface area contributed by atoms with Crippen molar-refractivity contribution in [3.63, 3.8) is 0 Å². The first-order chi connectivity index (χ1) is 13.7. The molecule has 0 bridgehead atoms. The van der Waals surface area contributed by atoms with E-state index in [2.05, 4.69) is 4.98 Å². The Bertz CT molecular complexity index is 1060. The van der Waals surface area contributed by atoms with Gasteiger partial charge in [-0.15, -0.1) is 0 Å². The van der Waals surface area contributed by atoms with Crippen molar-refractivity contribution in [2.24, 2.45) is 0 Å². The number of alkyl halides is 3. The highest BCUT2D eigenvalue weighted by molar-refractivity contribution is 7.81. The Balaban J connectivity index is 1.82. The van der Waals surface area contributed by atoms with Gasteiger partial charge in [-0.1, -0.05) is 0 Å². The number of thiocarbonyl (C=S) groups is 1.